The molecule has 0 saturated heterocycles. The standard InChI is InChI=1S/C9H9N3O2/c1-6-10-3-2-8-11-5-7(12(6)8)4-9(13)14/h2-3,5H,4H2,1H3,(H,13,14). The molecule has 0 atom stereocenters. The number of rotatable bonds is 2. The molecule has 0 spiro atoms. The molecule has 0 radical (unpaired) electrons. The lowest BCUT2D eigenvalue weighted by Gasteiger charge is -2.01. The monoisotopic (exact) mass is 191 g/mol. The van der Waals surface area contributed by atoms with Crippen LogP contribution in [-0.2, 0) is 11.2 Å². The highest BCUT2D eigenvalue weighted by atomic mass is 16.4. The molecule has 72 valence electrons. The number of carboxylic acids is 1. The first kappa shape index (κ1) is 8.68. The van der Waals surface area contributed by atoms with Crippen molar-refractivity contribution in [3.05, 3.63) is 30.0 Å². The van der Waals surface area contributed by atoms with Crippen molar-refractivity contribution in [1.82, 2.24) is 14.4 Å². The molecule has 2 aromatic rings. The van der Waals surface area contributed by atoms with E-state index >= 15 is 0 Å². The van der Waals surface area contributed by atoms with E-state index in [-0.39, 0.29) is 6.42 Å². The number of carbonyl (C=O) groups is 1. The van der Waals surface area contributed by atoms with Crippen LogP contribution in [0.25, 0.3) is 5.65 Å². The Kier molecular flexibility index (Phi) is 1.92. The first-order valence-corrected chi connectivity index (χ1v) is 4.18. The molecule has 14 heavy (non-hydrogen) atoms. The van der Waals surface area contributed by atoms with Gasteiger partial charge in [0.2, 0.25) is 0 Å². The maximum atomic E-state index is 10.6. The van der Waals surface area contributed by atoms with Crippen LogP contribution in [0, 0.1) is 6.92 Å². The molecular formula is C9H9N3O2. The first-order valence-electron chi connectivity index (χ1n) is 4.18. The number of aromatic nitrogens is 3. The average molecular weight is 191 g/mol. The van der Waals surface area contributed by atoms with E-state index in [2.05, 4.69) is 9.97 Å². The van der Waals surface area contributed by atoms with Crippen molar-refractivity contribution in [3.63, 3.8) is 0 Å². The number of hydrogen-bond donors (Lipinski definition) is 1. The summed E-state index contributed by atoms with van der Waals surface area (Å²) in [6, 6.07) is 1.75. The van der Waals surface area contributed by atoms with Crippen LogP contribution in [0.5, 0.6) is 0 Å². The molecule has 2 aromatic heterocycles. The number of fused-ring (bicyclic) bond motifs is 1. The fraction of sp³-hybridized carbons (Fsp3) is 0.222. The minimum atomic E-state index is -0.866. The maximum absolute atomic E-state index is 10.6. The summed E-state index contributed by atoms with van der Waals surface area (Å²) in [4.78, 5) is 18.7. The van der Waals surface area contributed by atoms with Crippen LogP contribution in [-0.4, -0.2) is 25.4 Å². The Morgan fingerprint density at radius 1 is 1.57 bits per heavy atom. The van der Waals surface area contributed by atoms with Crippen molar-refractivity contribution >= 4 is 11.6 Å². The molecular weight excluding hydrogens is 182 g/mol. The van der Waals surface area contributed by atoms with E-state index < -0.39 is 5.97 Å². The zero-order valence-electron chi connectivity index (χ0n) is 7.64. The second-order valence-corrected chi connectivity index (χ2v) is 3.01. The third-order valence-electron chi connectivity index (χ3n) is 2.00. The highest BCUT2D eigenvalue weighted by molar-refractivity contribution is 5.70. The zero-order valence-corrected chi connectivity index (χ0v) is 7.64. The Balaban J connectivity index is 2.61. The number of carboxylic acid groups (broad SMARTS) is 1. The van der Waals surface area contributed by atoms with Gasteiger partial charge in [0.25, 0.3) is 0 Å². The Morgan fingerprint density at radius 2 is 2.36 bits per heavy atom. The summed E-state index contributed by atoms with van der Waals surface area (Å²) < 4.78 is 1.74. The number of nitrogens with zero attached hydrogens (tertiary/aromatic N) is 3. The minimum absolute atomic E-state index is 0.0340. The van der Waals surface area contributed by atoms with Gasteiger partial charge in [-0.2, -0.15) is 0 Å². The highest BCUT2D eigenvalue weighted by Gasteiger charge is 2.08. The number of aryl methyl sites for hydroxylation is 1. The normalized spacial score (nSPS) is 10.6. The van der Waals surface area contributed by atoms with Gasteiger partial charge in [-0.15, -0.1) is 0 Å². The van der Waals surface area contributed by atoms with Gasteiger partial charge in [-0.25, -0.2) is 9.97 Å². The summed E-state index contributed by atoms with van der Waals surface area (Å²) in [6.07, 6.45) is 3.19. The highest BCUT2D eigenvalue weighted by Crippen LogP contribution is 2.08. The molecule has 2 heterocycles. The van der Waals surface area contributed by atoms with Crippen molar-refractivity contribution in [2.45, 2.75) is 13.3 Å². The quantitative estimate of drug-likeness (QED) is 0.757. The average Bonchev–Trinajstić information content (AvgIpc) is 2.49. The molecule has 1 N–H and O–H groups in total. The van der Waals surface area contributed by atoms with E-state index in [1.165, 1.54) is 0 Å². The van der Waals surface area contributed by atoms with Crippen molar-refractivity contribution < 1.29 is 9.90 Å². The van der Waals surface area contributed by atoms with Gasteiger partial charge in [-0.05, 0) is 13.0 Å². The summed E-state index contributed by atoms with van der Waals surface area (Å²) in [5.74, 6) is -0.119. The molecule has 0 saturated carbocycles. The molecule has 0 aliphatic rings. The van der Waals surface area contributed by atoms with Gasteiger partial charge < -0.3 is 5.11 Å². The van der Waals surface area contributed by atoms with Gasteiger partial charge >= 0.3 is 5.97 Å². The smallest absolute Gasteiger partial charge is 0.309 e. The van der Waals surface area contributed by atoms with Crippen LogP contribution in [0.1, 0.15) is 11.5 Å². The van der Waals surface area contributed by atoms with Gasteiger partial charge in [0.15, 0.2) is 0 Å². The predicted octanol–water partition coefficient (Wildman–Crippen LogP) is 0.665. The van der Waals surface area contributed by atoms with Crippen molar-refractivity contribution in [2.75, 3.05) is 0 Å². The number of hydrogen-bond acceptors (Lipinski definition) is 3. The van der Waals surface area contributed by atoms with E-state index in [9.17, 15) is 4.79 Å². The van der Waals surface area contributed by atoms with Gasteiger partial charge in [0.1, 0.15) is 11.5 Å². The fourth-order valence-electron chi connectivity index (χ4n) is 1.44. The molecule has 0 amide bonds. The van der Waals surface area contributed by atoms with E-state index in [4.69, 9.17) is 5.11 Å². The van der Waals surface area contributed by atoms with Crippen molar-refractivity contribution in [1.29, 1.82) is 0 Å². The van der Waals surface area contributed by atoms with Gasteiger partial charge in [-0.1, -0.05) is 0 Å². The van der Waals surface area contributed by atoms with Crippen LogP contribution in [0.3, 0.4) is 0 Å². The summed E-state index contributed by atoms with van der Waals surface area (Å²) in [5.41, 5.74) is 1.38. The van der Waals surface area contributed by atoms with E-state index in [1.807, 2.05) is 6.92 Å². The number of imidazole rings is 1. The summed E-state index contributed by atoms with van der Waals surface area (Å²) in [5, 5.41) is 8.67. The molecule has 5 nitrogen and oxygen atoms in total. The lowest BCUT2D eigenvalue weighted by molar-refractivity contribution is -0.136. The Bertz CT molecular complexity index is 490. The molecule has 0 fully saturated rings. The molecule has 0 aliphatic heterocycles. The Morgan fingerprint density at radius 3 is 3.07 bits per heavy atom. The third-order valence-corrected chi connectivity index (χ3v) is 2.00. The van der Waals surface area contributed by atoms with Crippen LogP contribution in [0.15, 0.2) is 18.5 Å². The SMILES string of the molecule is Cc1nccc2ncc(CC(=O)O)n12. The molecule has 2 rings (SSSR count). The molecule has 0 aromatic carbocycles. The zero-order chi connectivity index (χ0) is 10.1. The summed E-state index contributed by atoms with van der Waals surface area (Å²) in [6.45, 7) is 1.82. The number of aliphatic carboxylic acids is 1. The molecule has 0 bridgehead atoms. The van der Waals surface area contributed by atoms with E-state index in [0.717, 1.165) is 11.5 Å². The second-order valence-electron chi connectivity index (χ2n) is 3.01. The second kappa shape index (κ2) is 3.10. The fourth-order valence-corrected chi connectivity index (χ4v) is 1.44. The van der Waals surface area contributed by atoms with Crippen LogP contribution in [0.4, 0.5) is 0 Å². The Hall–Kier alpha value is -1.91. The maximum Gasteiger partial charge on any atom is 0.309 e. The van der Waals surface area contributed by atoms with Crippen LogP contribution < -0.4 is 0 Å². The van der Waals surface area contributed by atoms with Gasteiger partial charge in [0.05, 0.1) is 12.1 Å². The predicted molar refractivity (Wildman–Crippen MR) is 49.1 cm³/mol. The van der Waals surface area contributed by atoms with Crippen LogP contribution in [0.2, 0.25) is 0 Å². The lowest BCUT2D eigenvalue weighted by atomic mass is 10.3. The lowest BCUT2D eigenvalue weighted by Crippen LogP contribution is -2.05. The van der Waals surface area contributed by atoms with Crippen LogP contribution >= 0.6 is 0 Å². The van der Waals surface area contributed by atoms with Gasteiger partial charge in [0, 0.05) is 12.4 Å². The van der Waals surface area contributed by atoms with E-state index in [0.29, 0.717) is 5.69 Å². The van der Waals surface area contributed by atoms with E-state index in [1.54, 1.807) is 22.9 Å². The molecule has 5 heteroatoms. The Labute approximate surface area is 80.0 Å². The molecule has 0 aliphatic carbocycles. The molecule has 0 unspecified atom stereocenters. The topological polar surface area (TPSA) is 67.5 Å². The van der Waals surface area contributed by atoms with Crippen molar-refractivity contribution in [2.24, 2.45) is 0 Å². The summed E-state index contributed by atoms with van der Waals surface area (Å²) in [7, 11) is 0. The first-order chi connectivity index (χ1) is 6.68. The summed E-state index contributed by atoms with van der Waals surface area (Å²) >= 11 is 0. The third kappa shape index (κ3) is 1.32. The van der Waals surface area contributed by atoms with Gasteiger partial charge in [-0.3, -0.25) is 9.20 Å². The minimum Gasteiger partial charge on any atom is -0.481 e. The van der Waals surface area contributed by atoms with Crippen molar-refractivity contribution in [3.8, 4) is 0 Å². The largest absolute Gasteiger partial charge is 0.481 e.